The Bertz CT molecular complexity index is 619. The van der Waals surface area contributed by atoms with E-state index in [0.717, 1.165) is 16.4 Å². The summed E-state index contributed by atoms with van der Waals surface area (Å²) in [6.45, 7) is 8.15. The van der Waals surface area contributed by atoms with Crippen molar-refractivity contribution in [3.05, 3.63) is 29.4 Å². The van der Waals surface area contributed by atoms with Gasteiger partial charge in [-0.05, 0) is 33.8 Å². The maximum atomic E-state index is 6.32. The summed E-state index contributed by atoms with van der Waals surface area (Å²) in [5.41, 5.74) is 1.16. The molecule has 5 heteroatoms. The molecule has 19 heavy (non-hydrogen) atoms. The van der Waals surface area contributed by atoms with E-state index in [1.807, 2.05) is 52.0 Å². The van der Waals surface area contributed by atoms with Crippen LogP contribution in [0.3, 0.4) is 0 Å². The minimum Gasteiger partial charge on any atom is -0.399 e. The van der Waals surface area contributed by atoms with E-state index in [4.69, 9.17) is 20.9 Å². The largest absolute Gasteiger partial charge is 0.498 e. The van der Waals surface area contributed by atoms with E-state index in [1.165, 1.54) is 0 Å². The maximum absolute atomic E-state index is 6.32. The standard InChI is InChI=1S/C14H17BClNO2/c1-13(2)14(3,4)19-15(18-13)11-9-7-5-6-8-10(9)17-12(11)16/h5-8,17H,1-4H3. The Morgan fingerprint density at radius 3 is 2.26 bits per heavy atom. The van der Waals surface area contributed by atoms with Crippen molar-refractivity contribution in [2.45, 2.75) is 38.9 Å². The zero-order valence-electron chi connectivity index (χ0n) is 11.6. The van der Waals surface area contributed by atoms with E-state index in [-0.39, 0.29) is 11.2 Å². The Balaban J connectivity index is 2.10. The van der Waals surface area contributed by atoms with Gasteiger partial charge in [0.2, 0.25) is 0 Å². The van der Waals surface area contributed by atoms with Gasteiger partial charge in [0.05, 0.1) is 11.2 Å². The second-order valence-electron chi connectivity index (χ2n) is 5.99. The van der Waals surface area contributed by atoms with Crippen molar-refractivity contribution >= 4 is 35.1 Å². The van der Waals surface area contributed by atoms with Crippen molar-refractivity contribution in [3.8, 4) is 0 Å². The second kappa shape index (κ2) is 4.01. The number of benzene rings is 1. The lowest BCUT2D eigenvalue weighted by Gasteiger charge is -2.32. The van der Waals surface area contributed by atoms with Gasteiger partial charge >= 0.3 is 7.12 Å². The summed E-state index contributed by atoms with van der Waals surface area (Å²) in [6, 6.07) is 7.98. The molecule has 0 spiro atoms. The molecule has 0 aliphatic carbocycles. The Morgan fingerprint density at radius 1 is 1.05 bits per heavy atom. The van der Waals surface area contributed by atoms with Crippen molar-refractivity contribution in [1.29, 1.82) is 0 Å². The molecule has 0 radical (unpaired) electrons. The molecule has 3 nitrogen and oxygen atoms in total. The van der Waals surface area contributed by atoms with Crippen molar-refractivity contribution < 1.29 is 9.31 Å². The maximum Gasteiger partial charge on any atom is 0.498 e. The zero-order chi connectivity index (χ0) is 13.8. The summed E-state index contributed by atoms with van der Waals surface area (Å²) >= 11 is 6.32. The van der Waals surface area contributed by atoms with Crippen molar-refractivity contribution in [1.82, 2.24) is 4.98 Å². The fourth-order valence-electron chi connectivity index (χ4n) is 2.32. The molecule has 3 rings (SSSR count). The summed E-state index contributed by atoms with van der Waals surface area (Å²) in [5, 5.41) is 1.63. The van der Waals surface area contributed by atoms with Gasteiger partial charge < -0.3 is 14.3 Å². The molecule has 0 bridgehead atoms. The molecule has 1 fully saturated rings. The lowest BCUT2D eigenvalue weighted by Crippen LogP contribution is -2.41. The van der Waals surface area contributed by atoms with E-state index < -0.39 is 7.12 Å². The number of aromatic nitrogens is 1. The molecule has 1 aliphatic rings. The van der Waals surface area contributed by atoms with Crippen LogP contribution >= 0.6 is 11.6 Å². The predicted molar refractivity (Wildman–Crippen MR) is 79.0 cm³/mol. The van der Waals surface area contributed by atoms with Crippen LogP contribution in [-0.2, 0) is 9.31 Å². The third kappa shape index (κ3) is 1.90. The first-order chi connectivity index (χ1) is 8.82. The van der Waals surface area contributed by atoms with Crippen LogP contribution in [0.15, 0.2) is 24.3 Å². The zero-order valence-corrected chi connectivity index (χ0v) is 12.3. The number of aromatic amines is 1. The Labute approximate surface area is 118 Å². The normalized spacial score (nSPS) is 21.2. The Morgan fingerprint density at radius 2 is 1.63 bits per heavy atom. The van der Waals surface area contributed by atoms with Gasteiger partial charge in [-0.25, -0.2) is 0 Å². The highest BCUT2D eigenvalue weighted by molar-refractivity contribution is 6.68. The summed E-state index contributed by atoms with van der Waals surface area (Å²) in [7, 11) is -0.436. The molecule has 0 amide bonds. The first-order valence-corrected chi connectivity index (χ1v) is 6.81. The highest BCUT2D eigenvalue weighted by Gasteiger charge is 2.52. The van der Waals surface area contributed by atoms with E-state index in [9.17, 15) is 0 Å². The lowest BCUT2D eigenvalue weighted by atomic mass is 9.79. The monoisotopic (exact) mass is 277 g/mol. The molecular formula is C14H17BClNO2. The molecule has 0 unspecified atom stereocenters. The summed E-state index contributed by atoms with van der Waals surface area (Å²) < 4.78 is 12.1. The summed E-state index contributed by atoms with van der Waals surface area (Å²) in [5.74, 6) is 0. The van der Waals surface area contributed by atoms with Crippen LogP contribution in [0.1, 0.15) is 27.7 Å². The average Bonchev–Trinajstić information content (AvgIpc) is 2.72. The van der Waals surface area contributed by atoms with Crippen LogP contribution < -0.4 is 5.46 Å². The van der Waals surface area contributed by atoms with Gasteiger partial charge in [-0.3, -0.25) is 0 Å². The Hall–Kier alpha value is -0.965. The van der Waals surface area contributed by atoms with E-state index in [2.05, 4.69) is 4.98 Å². The number of rotatable bonds is 1. The van der Waals surface area contributed by atoms with Crippen molar-refractivity contribution in [3.63, 3.8) is 0 Å². The predicted octanol–water partition coefficient (Wildman–Crippen LogP) is 3.12. The van der Waals surface area contributed by atoms with Crippen molar-refractivity contribution in [2.75, 3.05) is 0 Å². The molecule has 100 valence electrons. The molecule has 1 saturated heterocycles. The first kappa shape index (κ1) is 13.0. The van der Waals surface area contributed by atoms with Gasteiger partial charge in [-0.2, -0.15) is 0 Å². The van der Waals surface area contributed by atoms with Gasteiger partial charge in [0, 0.05) is 16.4 Å². The van der Waals surface area contributed by atoms with E-state index >= 15 is 0 Å². The smallest absolute Gasteiger partial charge is 0.399 e. The third-order valence-corrected chi connectivity index (χ3v) is 4.49. The fraction of sp³-hybridized carbons (Fsp3) is 0.429. The quantitative estimate of drug-likeness (QED) is 0.813. The highest BCUT2D eigenvalue weighted by Crippen LogP contribution is 2.37. The SMILES string of the molecule is CC1(C)OB(c2c(Cl)[nH]c3ccccc23)OC1(C)C. The molecule has 2 aromatic rings. The molecule has 1 N–H and O–H groups in total. The number of para-hydroxylation sites is 1. The van der Waals surface area contributed by atoms with Gasteiger partial charge in [0.15, 0.2) is 0 Å². The first-order valence-electron chi connectivity index (χ1n) is 6.43. The molecule has 1 aromatic carbocycles. The summed E-state index contributed by atoms with van der Waals surface area (Å²) in [4.78, 5) is 3.16. The molecule has 1 aromatic heterocycles. The van der Waals surface area contributed by atoms with E-state index in [1.54, 1.807) is 0 Å². The number of halogens is 1. The number of fused-ring (bicyclic) bond motifs is 1. The minimum absolute atomic E-state index is 0.362. The molecule has 1 aliphatic heterocycles. The van der Waals surface area contributed by atoms with Crippen LogP contribution in [-0.4, -0.2) is 23.3 Å². The number of hydrogen-bond donors (Lipinski definition) is 1. The van der Waals surface area contributed by atoms with Crippen LogP contribution in [0.5, 0.6) is 0 Å². The highest BCUT2D eigenvalue weighted by atomic mass is 35.5. The second-order valence-corrected chi connectivity index (χ2v) is 6.36. The van der Waals surface area contributed by atoms with Gasteiger partial charge in [0.1, 0.15) is 5.15 Å². The van der Waals surface area contributed by atoms with Crippen molar-refractivity contribution in [2.24, 2.45) is 0 Å². The van der Waals surface area contributed by atoms with Gasteiger partial charge in [-0.15, -0.1) is 0 Å². The minimum atomic E-state index is -0.436. The molecule has 0 atom stereocenters. The number of hydrogen-bond acceptors (Lipinski definition) is 2. The number of H-pyrrole nitrogens is 1. The van der Waals surface area contributed by atoms with Crippen LogP contribution in [0.2, 0.25) is 5.15 Å². The number of nitrogens with one attached hydrogen (secondary N) is 1. The average molecular weight is 278 g/mol. The summed E-state index contributed by atoms with van der Waals surface area (Å²) in [6.07, 6.45) is 0. The molecule has 0 saturated carbocycles. The van der Waals surface area contributed by atoms with Gasteiger partial charge in [-0.1, -0.05) is 29.8 Å². The van der Waals surface area contributed by atoms with Crippen LogP contribution in [0.4, 0.5) is 0 Å². The topological polar surface area (TPSA) is 34.2 Å². The van der Waals surface area contributed by atoms with Crippen LogP contribution in [0, 0.1) is 0 Å². The lowest BCUT2D eigenvalue weighted by molar-refractivity contribution is 0.00578. The molecular weight excluding hydrogens is 260 g/mol. The molecule has 2 heterocycles. The third-order valence-electron chi connectivity index (χ3n) is 4.19. The Kier molecular flexibility index (Phi) is 2.75. The van der Waals surface area contributed by atoms with E-state index in [0.29, 0.717) is 5.15 Å². The van der Waals surface area contributed by atoms with Gasteiger partial charge in [0.25, 0.3) is 0 Å². The van der Waals surface area contributed by atoms with Crippen LogP contribution in [0.25, 0.3) is 10.9 Å². The fourth-order valence-corrected chi connectivity index (χ4v) is 2.61.